The van der Waals surface area contributed by atoms with E-state index >= 15 is 19.2 Å². The summed E-state index contributed by atoms with van der Waals surface area (Å²) in [5, 5.41) is 29.5. The van der Waals surface area contributed by atoms with Gasteiger partial charge < -0.3 is 10.2 Å². The van der Waals surface area contributed by atoms with Crippen molar-refractivity contribution in [2.75, 3.05) is 9.80 Å². The Bertz CT molecular complexity index is 5350. The third kappa shape index (κ3) is 9.67. The Morgan fingerprint density at radius 1 is 0.308 bits per heavy atom. The van der Waals surface area contributed by atoms with Gasteiger partial charge in [0.2, 0.25) is 23.6 Å². The highest BCUT2D eigenvalue weighted by molar-refractivity contribution is 6.36. The highest BCUT2D eigenvalue weighted by Gasteiger charge is 2.56. The first-order valence-electron chi connectivity index (χ1n) is 37.2. The molecule has 10 aromatic carbocycles. The molecule has 2 aromatic heterocycles. The van der Waals surface area contributed by atoms with E-state index in [1.807, 2.05) is 55.4 Å². The number of carbonyl (C=O) groups excluding carboxylic acids is 4. The summed E-state index contributed by atoms with van der Waals surface area (Å²) in [5.74, 6) is -4.50. The minimum Gasteiger partial charge on any atom is -0.508 e. The molecule has 0 radical (unpaired) electrons. The number of carbonyl (C=O) groups is 4. The molecule has 4 unspecified atom stereocenters. The van der Waals surface area contributed by atoms with Gasteiger partial charge in [-0.2, -0.15) is 0 Å². The zero-order valence-electron chi connectivity index (χ0n) is 63.4. The number of rotatable bonds is 6. The fourth-order valence-electron chi connectivity index (χ4n) is 17.8. The Morgan fingerprint density at radius 3 is 0.692 bits per heavy atom. The summed E-state index contributed by atoms with van der Waals surface area (Å²) in [6, 6.07) is 33.1. The average Bonchev–Trinajstić information content (AvgIpc) is 1.35. The number of fused-ring (bicyclic) bond motifs is 16. The summed E-state index contributed by atoms with van der Waals surface area (Å²) >= 11 is 0. The summed E-state index contributed by atoms with van der Waals surface area (Å²) in [7, 11) is 0. The maximum atomic E-state index is 15.9. The molecule has 12 aromatic rings. The number of phenolic OH excluding ortho intramolecular Hbond substituents is 2. The van der Waals surface area contributed by atoms with Crippen LogP contribution < -0.4 is 9.80 Å². The fraction of sp³-hybridized carbons (Fsp3) is 0.348. The van der Waals surface area contributed by atoms with Crippen LogP contribution in [0.15, 0.2) is 97.1 Å². The van der Waals surface area contributed by atoms with E-state index in [0.717, 1.165) is 154 Å². The van der Waals surface area contributed by atoms with E-state index < -0.39 is 23.7 Å². The molecular weight excluding hydrogens is 1290 g/mol. The zero-order valence-corrected chi connectivity index (χ0v) is 63.4. The predicted octanol–water partition coefficient (Wildman–Crippen LogP) is 21.7. The van der Waals surface area contributed by atoms with E-state index in [1.165, 1.54) is 9.80 Å². The van der Waals surface area contributed by atoms with Crippen LogP contribution in [-0.4, -0.2) is 53.8 Å². The maximum Gasteiger partial charge on any atom is 0.242 e. The van der Waals surface area contributed by atoms with Crippen LogP contribution in [0, 0.1) is 0 Å². The van der Waals surface area contributed by atoms with Crippen molar-refractivity contribution in [1.82, 2.24) is 19.9 Å². The van der Waals surface area contributed by atoms with E-state index in [1.54, 1.807) is 24.3 Å². The molecule has 2 N–H and O–H groups in total. The molecule has 4 heterocycles. The molecule has 104 heavy (non-hydrogen) atoms. The van der Waals surface area contributed by atoms with Crippen LogP contribution in [0.1, 0.15) is 275 Å². The van der Waals surface area contributed by atoms with E-state index in [9.17, 15) is 10.2 Å². The van der Waals surface area contributed by atoms with E-state index in [4.69, 9.17) is 19.9 Å². The first-order valence-corrected chi connectivity index (χ1v) is 37.2. The number of benzene rings is 10. The lowest BCUT2D eigenvalue weighted by Gasteiger charge is -2.31. The highest BCUT2D eigenvalue weighted by Crippen LogP contribution is 2.60. The standard InChI is InChI=1S/C92H90N6O6/c1-41(2)55-37-53(99)38-56(42(3)4)83(55)97-85(101)75-59-29-49(89(9,10)11)33-63-71(59)72-60(76(75)86(97)102)30-50(90(12,13)14)34-64(72)80-79(63)93-67-25-45-21-23-47-27-69-70(28-48(47)24-22-46(45)26-68(67)94-80)96-82-66-36-52(92(18,19)20)32-62-74(66)73-61(31-51(91(15,16)17)35-65(73)81(82)95-69)77-78(62)88(104)98(87(77)103)84-57(43(5)6)39-54(100)40-58(84)44(7)8/h21-44,75-78,99-100H,1-20H3/b23-21-,24-22?,45-21?,46-22?,47-23?,48-24?. The molecule has 0 saturated carbocycles. The van der Waals surface area contributed by atoms with Gasteiger partial charge in [0.25, 0.3) is 0 Å². The van der Waals surface area contributed by atoms with Crippen LogP contribution in [0.4, 0.5) is 11.4 Å². The van der Waals surface area contributed by atoms with Crippen LogP contribution >= 0.6 is 0 Å². The molecule has 2 aliphatic heterocycles. The summed E-state index contributed by atoms with van der Waals surface area (Å²) in [4.78, 5) is 89.4. The monoisotopic (exact) mass is 1370 g/mol. The van der Waals surface area contributed by atoms with Gasteiger partial charge in [0.15, 0.2) is 0 Å². The second kappa shape index (κ2) is 22.2. The van der Waals surface area contributed by atoms with Crippen molar-refractivity contribution < 1.29 is 29.4 Å². The maximum absolute atomic E-state index is 15.9. The average molecular weight is 1380 g/mol. The quantitative estimate of drug-likeness (QED) is 0.0929. The second-order valence-electron chi connectivity index (χ2n) is 35.9. The summed E-state index contributed by atoms with van der Waals surface area (Å²) < 4.78 is 0. The Balaban J connectivity index is 0.852. The SMILES string of the molecule is CC(C)c1cc(O)cc(C(C)C)c1N1C(=O)C2c3cc(C(C)(C)C)cc4c5nc6cc7c(cc6nc5c5cc(C(C)(C)C)cc(c5c34)C2C1=O)/C=C\c1cc2nc3c4cc(C(C)(C)C)cc5c4c4c(cc(C(C)(C)C)cc4c3nc2cc1C=C7)C1C(=O)N(c2c(C(C)C)cc(O)cc2C(C)C)C(=O)C51. The van der Waals surface area contributed by atoms with Crippen molar-refractivity contribution in [2.45, 2.75) is 207 Å². The van der Waals surface area contributed by atoms with Gasteiger partial charge >= 0.3 is 0 Å². The summed E-state index contributed by atoms with van der Waals surface area (Å²) in [6.45, 7) is 42.5. The van der Waals surface area contributed by atoms with Gasteiger partial charge in [0.1, 0.15) is 11.5 Å². The number of anilines is 2. The lowest BCUT2D eigenvalue weighted by atomic mass is 9.70. The number of imide groups is 2. The highest BCUT2D eigenvalue weighted by atomic mass is 16.3. The van der Waals surface area contributed by atoms with Crippen molar-refractivity contribution in [2.24, 2.45) is 0 Å². The molecule has 2 saturated heterocycles. The number of nitrogens with zero attached hydrogens (tertiary/aromatic N) is 6. The molecule has 3 aliphatic carbocycles. The number of aromatic hydroxyl groups is 2. The van der Waals surface area contributed by atoms with E-state index in [2.05, 4.69) is 180 Å². The Morgan fingerprint density at radius 2 is 0.510 bits per heavy atom. The molecule has 0 spiro atoms. The van der Waals surface area contributed by atoms with Crippen LogP contribution in [0.5, 0.6) is 11.5 Å². The third-order valence-corrected chi connectivity index (χ3v) is 23.5. The fourth-order valence-corrected chi connectivity index (χ4v) is 17.8. The Kier molecular flexibility index (Phi) is 14.3. The minimum atomic E-state index is -0.819. The number of hydrogen-bond acceptors (Lipinski definition) is 10. The predicted molar refractivity (Wildman–Crippen MR) is 425 cm³/mol. The lowest BCUT2D eigenvalue weighted by molar-refractivity contribution is -0.123. The van der Waals surface area contributed by atoms with Crippen molar-refractivity contribution >= 4 is 147 Å². The molecule has 4 amide bonds. The number of amides is 4. The van der Waals surface area contributed by atoms with Crippen molar-refractivity contribution in [3.05, 3.63) is 186 Å². The van der Waals surface area contributed by atoms with Gasteiger partial charge in [-0.15, -0.1) is 0 Å². The van der Waals surface area contributed by atoms with Gasteiger partial charge in [0, 0.05) is 21.5 Å². The summed E-state index contributed by atoms with van der Waals surface area (Å²) in [6.07, 6.45) is 8.59. The third-order valence-electron chi connectivity index (χ3n) is 23.5. The summed E-state index contributed by atoms with van der Waals surface area (Å²) in [5.41, 5.74) is 19.7. The molecule has 5 aliphatic rings. The molecule has 0 bridgehead atoms. The van der Waals surface area contributed by atoms with Gasteiger partial charge in [-0.3, -0.25) is 19.2 Å². The normalized spacial score (nSPS) is 18.5. The Hall–Kier alpha value is -10.2. The number of aromatic nitrogens is 4. The van der Waals surface area contributed by atoms with Crippen molar-refractivity contribution in [1.29, 1.82) is 0 Å². The lowest BCUT2D eigenvalue weighted by Crippen LogP contribution is -2.33. The van der Waals surface area contributed by atoms with Gasteiger partial charge in [-0.1, -0.05) is 187 Å². The molecule has 4 atom stereocenters. The van der Waals surface area contributed by atoms with Crippen molar-refractivity contribution in [3.63, 3.8) is 0 Å². The van der Waals surface area contributed by atoms with Crippen LogP contribution in [-0.2, 0) is 40.8 Å². The van der Waals surface area contributed by atoms with Crippen LogP contribution in [0.2, 0.25) is 0 Å². The molecule has 2 fully saturated rings. The van der Waals surface area contributed by atoms with Gasteiger partial charge in [0.05, 0.1) is 79.2 Å². The molecule has 17 rings (SSSR count). The van der Waals surface area contributed by atoms with Gasteiger partial charge in [-0.25, -0.2) is 29.7 Å². The van der Waals surface area contributed by atoms with E-state index in [-0.39, 0.29) is 80.5 Å². The first kappa shape index (κ1) is 67.0. The number of phenols is 2. The van der Waals surface area contributed by atoms with Crippen LogP contribution in [0.25, 0.3) is 112 Å². The molecule has 524 valence electrons. The molecular formula is C92H90N6O6. The zero-order chi connectivity index (χ0) is 73.8. The van der Waals surface area contributed by atoms with E-state index in [0.29, 0.717) is 33.4 Å². The first-order chi connectivity index (χ1) is 48.9. The minimum absolute atomic E-state index is 0.0981. The van der Waals surface area contributed by atoms with Crippen molar-refractivity contribution in [3.8, 4) is 11.5 Å². The largest absolute Gasteiger partial charge is 0.508 e. The second-order valence-corrected chi connectivity index (χ2v) is 35.9. The smallest absolute Gasteiger partial charge is 0.242 e. The Labute approximate surface area is 607 Å². The molecule has 12 heteroatoms. The number of hydrogen-bond donors (Lipinski definition) is 2. The van der Waals surface area contributed by atoms with Crippen LogP contribution in [0.3, 0.4) is 0 Å². The topological polar surface area (TPSA) is 167 Å². The van der Waals surface area contributed by atoms with Gasteiger partial charge in [-0.05, 0) is 229 Å². The molecule has 12 nitrogen and oxygen atoms in total.